The van der Waals surface area contributed by atoms with Crippen molar-refractivity contribution in [3.63, 3.8) is 0 Å². The number of nitrogens with one attached hydrogen (secondary N) is 1. The van der Waals surface area contributed by atoms with Gasteiger partial charge >= 0.3 is 0 Å². The summed E-state index contributed by atoms with van der Waals surface area (Å²) in [6, 6.07) is 12.0. The molecule has 2 aromatic carbocycles. The van der Waals surface area contributed by atoms with Gasteiger partial charge in [-0.1, -0.05) is 47.2 Å². The number of H-pyrrole nitrogens is 1. The molecule has 0 aliphatic rings. The molecule has 6 heteroatoms. The summed E-state index contributed by atoms with van der Waals surface area (Å²) >= 11 is 7.77. The summed E-state index contributed by atoms with van der Waals surface area (Å²) in [5, 5.41) is 3.58. The molecular formula is C25H24ClN3OS. The third kappa shape index (κ3) is 4.08. The van der Waals surface area contributed by atoms with Crippen molar-refractivity contribution in [2.24, 2.45) is 0 Å². The maximum atomic E-state index is 6.19. The summed E-state index contributed by atoms with van der Waals surface area (Å²) in [6.07, 6.45) is 0. The molecule has 4 nitrogen and oxygen atoms in total. The number of fused-ring (bicyclic) bond motifs is 3. The van der Waals surface area contributed by atoms with Gasteiger partial charge in [-0.05, 0) is 63.6 Å². The molecule has 0 aliphatic heterocycles. The minimum atomic E-state index is 0.700. The Kier molecular flexibility index (Phi) is 5.82. The van der Waals surface area contributed by atoms with Gasteiger partial charge in [0.1, 0.15) is 22.2 Å². The van der Waals surface area contributed by atoms with Crippen LogP contribution in [0, 0.1) is 6.92 Å². The van der Waals surface area contributed by atoms with Gasteiger partial charge < -0.3 is 9.72 Å². The third-order valence-electron chi connectivity index (χ3n) is 5.06. The fourth-order valence-electron chi connectivity index (χ4n) is 3.90. The molecule has 158 valence electrons. The predicted octanol–water partition coefficient (Wildman–Crippen LogP) is 7.60. The molecule has 0 fully saturated rings. The maximum Gasteiger partial charge on any atom is 0.143 e. The Morgan fingerprint density at radius 2 is 1.90 bits per heavy atom. The zero-order valence-corrected chi connectivity index (χ0v) is 19.8. The first-order valence-corrected chi connectivity index (χ1v) is 11.1. The van der Waals surface area contributed by atoms with Gasteiger partial charge in [0.05, 0.1) is 12.5 Å². The molecule has 1 N–H and O–H groups in total. The van der Waals surface area contributed by atoms with Crippen LogP contribution in [0.25, 0.3) is 27.5 Å². The quantitative estimate of drug-likeness (QED) is 0.251. The van der Waals surface area contributed by atoms with Crippen LogP contribution in [0.3, 0.4) is 0 Å². The van der Waals surface area contributed by atoms with Crippen LogP contribution >= 0.6 is 23.4 Å². The first-order chi connectivity index (χ1) is 14.8. The number of benzene rings is 2. The summed E-state index contributed by atoms with van der Waals surface area (Å²) in [5.41, 5.74) is 6.10. The molecule has 2 aromatic heterocycles. The van der Waals surface area contributed by atoms with E-state index in [0.29, 0.717) is 10.8 Å². The third-order valence-corrected chi connectivity index (χ3v) is 6.27. The average Bonchev–Trinajstić information content (AvgIpc) is 3.03. The van der Waals surface area contributed by atoms with Crippen LogP contribution in [0.2, 0.25) is 5.02 Å². The van der Waals surface area contributed by atoms with E-state index in [0.717, 1.165) is 54.3 Å². The van der Waals surface area contributed by atoms with Crippen molar-refractivity contribution < 1.29 is 4.74 Å². The van der Waals surface area contributed by atoms with Crippen molar-refractivity contribution in [3.8, 4) is 5.75 Å². The van der Waals surface area contributed by atoms with Crippen LogP contribution < -0.4 is 4.74 Å². The topological polar surface area (TPSA) is 50.8 Å². The lowest BCUT2D eigenvalue weighted by atomic mass is 9.94. The van der Waals surface area contributed by atoms with E-state index in [1.165, 1.54) is 5.57 Å². The Labute approximate surface area is 191 Å². The highest BCUT2D eigenvalue weighted by Crippen LogP contribution is 2.41. The number of aryl methyl sites for hydroxylation is 1. The summed E-state index contributed by atoms with van der Waals surface area (Å²) in [4.78, 5) is 13.9. The Bertz CT molecular complexity index is 1370. The average molecular weight is 450 g/mol. The smallest absolute Gasteiger partial charge is 0.143 e. The highest BCUT2D eigenvalue weighted by Gasteiger charge is 2.19. The summed E-state index contributed by atoms with van der Waals surface area (Å²) in [7, 11) is 1.70. The molecule has 4 aromatic rings. The summed E-state index contributed by atoms with van der Waals surface area (Å²) in [5.74, 6) is 1.51. The van der Waals surface area contributed by atoms with Crippen molar-refractivity contribution in [3.05, 3.63) is 70.5 Å². The van der Waals surface area contributed by atoms with Crippen LogP contribution in [0.5, 0.6) is 5.75 Å². The largest absolute Gasteiger partial charge is 0.496 e. The highest BCUT2D eigenvalue weighted by molar-refractivity contribution is 7.99. The predicted molar refractivity (Wildman–Crippen MR) is 131 cm³/mol. The number of methoxy groups -OCH3 is 1. The highest BCUT2D eigenvalue weighted by atomic mass is 35.5. The normalized spacial score (nSPS) is 11.2. The van der Waals surface area contributed by atoms with E-state index in [1.54, 1.807) is 18.9 Å². The van der Waals surface area contributed by atoms with Crippen molar-refractivity contribution in [2.75, 3.05) is 7.11 Å². The van der Waals surface area contributed by atoms with E-state index in [4.69, 9.17) is 21.3 Å². The number of nitrogens with zero attached hydrogens (tertiary/aromatic N) is 2. The summed E-state index contributed by atoms with van der Waals surface area (Å²) in [6.45, 7) is 12.3. The number of ether oxygens (including phenoxy) is 1. The second-order valence-corrected chi connectivity index (χ2v) is 9.24. The second-order valence-electron chi connectivity index (χ2n) is 7.74. The monoisotopic (exact) mass is 449 g/mol. The molecule has 0 amide bonds. The standard InChI is InChI=1S/C25H24ClN3OS/c1-13(2)22(14(3)4)19-11-20-18(12-21(19)30-6)23-24(29-20)27-15(5)28-25(23)31-17-9-7-8-16(26)10-17/h7-12H,1H2,2-6H3,(H,27,28,29). The van der Waals surface area contributed by atoms with E-state index in [2.05, 4.69) is 42.5 Å². The molecule has 0 spiro atoms. The number of hydrogen-bond donors (Lipinski definition) is 1. The molecule has 0 saturated heterocycles. The van der Waals surface area contributed by atoms with Gasteiger partial charge in [-0.25, -0.2) is 9.97 Å². The molecular weight excluding hydrogens is 426 g/mol. The van der Waals surface area contributed by atoms with Gasteiger partial charge in [0.2, 0.25) is 0 Å². The molecule has 0 unspecified atom stereocenters. The van der Waals surface area contributed by atoms with E-state index < -0.39 is 0 Å². The van der Waals surface area contributed by atoms with Crippen LogP contribution in [-0.4, -0.2) is 22.1 Å². The van der Waals surface area contributed by atoms with E-state index in [1.807, 2.05) is 38.1 Å². The SMILES string of the molecule is C=C(C)C(=C(C)C)c1cc2[nH]c3nc(C)nc(Sc4cccc(Cl)c4)c3c2cc1OC. The minimum absolute atomic E-state index is 0.700. The first-order valence-electron chi connectivity index (χ1n) is 9.93. The Morgan fingerprint density at radius 3 is 2.55 bits per heavy atom. The van der Waals surface area contributed by atoms with Crippen LogP contribution in [0.15, 0.2) is 64.0 Å². The van der Waals surface area contributed by atoms with Crippen molar-refractivity contribution in [2.45, 2.75) is 37.6 Å². The van der Waals surface area contributed by atoms with Crippen molar-refractivity contribution in [1.29, 1.82) is 0 Å². The van der Waals surface area contributed by atoms with E-state index in [-0.39, 0.29) is 0 Å². The molecule has 0 radical (unpaired) electrons. The van der Waals surface area contributed by atoms with Crippen LogP contribution in [-0.2, 0) is 0 Å². The Balaban J connectivity index is 1.99. The molecule has 0 saturated carbocycles. The van der Waals surface area contributed by atoms with E-state index >= 15 is 0 Å². The fourth-order valence-corrected chi connectivity index (χ4v) is 5.20. The van der Waals surface area contributed by atoms with Gasteiger partial charge in [-0.2, -0.15) is 0 Å². The zero-order chi connectivity index (χ0) is 22.3. The lowest BCUT2D eigenvalue weighted by molar-refractivity contribution is 0.414. The molecule has 4 rings (SSSR count). The number of aromatic amines is 1. The molecule has 2 heterocycles. The number of rotatable bonds is 5. The van der Waals surface area contributed by atoms with Gasteiger partial charge in [0.25, 0.3) is 0 Å². The van der Waals surface area contributed by atoms with Gasteiger partial charge in [-0.3, -0.25) is 0 Å². The molecule has 0 atom stereocenters. The number of allylic oxidation sites excluding steroid dienone is 3. The zero-order valence-electron chi connectivity index (χ0n) is 18.3. The van der Waals surface area contributed by atoms with Gasteiger partial charge in [0.15, 0.2) is 0 Å². The fraction of sp³-hybridized carbons (Fsp3) is 0.200. The van der Waals surface area contributed by atoms with Gasteiger partial charge in [0, 0.05) is 26.4 Å². The van der Waals surface area contributed by atoms with Gasteiger partial charge in [-0.15, -0.1) is 0 Å². The second kappa shape index (κ2) is 8.40. The van der Waals surface area contributed by atoms with Crippen LogP contribution in [0.4, 0.5) is 0 Å². The first kappa shape index (κ1) is 21.5. The Morgan fingerprint density at radius 1 is 1.13 bits per heavy atom. The van der Waals surface area contributed by atoms with Crippen molar-refractivity contribution in [1.82, 2.24) is 15.0 Å². The lowest BCUT2D eigenvalue weighted by Gasteiger charge is -2.15. The number of hydrogen-bond acceptors (Lipinski definition) is 4. The van der Waals surface area contributed by atoms with Crippen molar-refractivity contribution >= 4 is 50.9 Å². The molecule has 0 bridgehead atoms. The molecule has 31 heavy (non-hydrogen) atoms. The van der Waals surface area contributed by atoms with E-state index in [9.17, 15) is 0 Å². The minimum Gasteiger partial charge on any atom is -0.496 e. The maximum absolute atomic E-state index is 6.19. The lowest BCUT2D eigenvalue weighted by Crippen LogP contribution is -1.95. The van der Waals surface area contributed by atoms with Crippen LogP contribution in [0.1, 0.15) is 32.2 Å². The Hall–Kier alpha value is -2.76. The molecule has 0 aliphatic carbocycles. The number of halogens is 1. The number of aromatic nitrogens is 3. The summed E-state index contributed by atoms with van der Waals surface area (Å²) < 4.78 is 5.80.